The van der Waals surface area contributed by atoms with Gasteiger partial charge in [-0.25, -0.2) is 0 Å². The molecule has 0 N–H and O–H groups in total. The number of piperazine rings is 1. The van der Waals surface area contributed by atoms with Crippen molar-refractivity contribution >= 4 is 50.5 Å². The van der Waals surface area contributed by atoms with Crippen molar-refractivity contribution in [2.45, 2.75) is 6.54 Å². The van der Waals surface area contributed by atoms with Crippen molar-refractivity contribution in [3.05, 3.63) is 63.0 Å². The summed E-state index contributed by atoms with van der Waals surface area (Å²) in [5, 5.41) is 2.06. The maximum Gasteiger partial charge on any atom is 0.265 e. The maximum atomic E-state index is 13.0. The summed E-state index contributed by atoms with van der Waals surface area (Å²) in [6.45, 7) is 3.89. The van der Waals surface area contributed by atoms with Gasteiger partial charge in [0.25, 0.3) is 5.91 Å². The Labute approximate surface area is 178 Å². The van der Waals surface area contributed by atoms with E-state index in [0.29, 0.717) is 28.0 Å². The second-order valence-electron chi connectivity index (χ2n) is 6.81. The third-order valence-electron chi connectivity index (χ3n) is 4.99. The summed E-state index contributed by atoms with van der Waals surface area (Å²) >= 11 is 14.0. The van der Waals surface area contributed by atoms with Crippen molar-refractivity contribution in [3.8, 4) is 5.75 Å². The first kappa shape index (κ1) is 19.5. The molecule has 1 aliphatic rings. The van der Waals surface area contributed by atoms with Crippen LogP contribution in [0.25, 0.3) is 10.1 Å². The van der Waals surface area contributed by atoms with E-state index in [4.69, 9.17) is 27.9 Å². The van der Waals surface area contributed by atoms with Crippen molar-refractivity contribution < 1.29 is 9.53 Å². The summed E-state index contributed by atoms with van der Waals surface area (Å²) in [7, 11) is 1.68. The van der Waals surface area contributed by atoms with Crippen LogP contribution in [0.2, 0.25) is 10.0 Å². The van der Waals surface area contributed by atoms with E-state index >= 15 is 0 Å². The number of ether oxygens (including phenoxy) is 1. The number of hydrogen-bond donors (Lipinski definition) is 0. The van der Waals surface area contributed by atoms with Gasteiger partial charge in [0, 0.05) is 47.8 Å². The molecule has 7 heteroatoms. The molecule has 1 aromatic heterocycles. The van der Waals surface area contributed by atoms with Crippen LogP contribution in [0.15, 0.2) is 42.5 Å². The molecule has 0 atom stereocenters. The lowest BCUT2D eigenvalue weighted by atomic mass is 10.2. The number of nitrogens with zero attached hydrogens (tertiary/aromatic N) is 2. The molecule has 4 rings (SSSR count). The predicted molar refractivity (Wildman–Crippen MR) is 116 cm³/mol. The summed E-state index contributed by atoms with van der Waals surface area (Å²) < 4.78 is 6.24. The van der Waals surface area contributed by atoms with E-state index in [-0.39, 0.29) is 5.91 Å². The SMILES string of the molecule is COc1cccc(CN2CCN(C(=O)c3sc4cc(Cl)ccc4c3Cl)CC2)c1. The lowest BCUT2D eigenvalue weighted by molar-refractivity contribution is 0.0633. The molecular formula is C21H20Cl2N2O2S. The lowest BCUT2D eigenvalue weighted by Gasteiger charge is -2.34. The zero-order valence-corrected chi connectivity index (χ0v) is 17.8. The maximum absolute atomic E-state index is 13.0. The molecule has 3 aromatic rings. The summed E-state index contributed by atoms with van der Waals surface area (Å²) in [6.07, 6.45) is 0. The van der Waals surface area contributed by atoms with Crippen LogP contribution in [0.1, 0.15) is 15.2 Å². The van der Waals surface area contributed by atoms with E-state index in [1.807, 2.05) is 29.2 Å². The number of thiophene rings is 1. The molecule has 0 spiro atoms. The average molecular weight is 435 g/mol. The normalized spacial score (nSPS) is 15.2. The molecule has 146 valence electrons. The molecule has 0 bridgehead atoms. The molecule has 1 saturated heterocycles. The van der Waals surface area contributed by atoms with Gasteiger partial charge in [-0.15, -0.1) is 11.3 Å². The lowest BCUT2D eigenvalue weighted by Crippen LogP contribution is -2.48. The Morgan fingerprint density at radius 1 is 1.11 bits per heavy atom. The van der Waals surface area contributed by atoms with Gasteiger partial charge in [0.05, 0.1) is 12.1 Å². The molecule has 0 saturated carbocycles. The zero-order valence-electron chi connectivity index (χ0n) is 15.5. The van der Waals surface area contributed by atoms with Gasteiger partial charge in [0.15, 0.2) is 0 Å². The van der Waals surface area contributed by atoms with Gasteiger partial charge >= 0.3 is 0 Å². The van der Waals surface area contributed by atoms with Crippen LogP contribution >= 0.6 is 34.5 Å². The van der Waals surface area contributed by atoms with E-state index < -0.39 is 0 Å². The van der Waals surface area contributed by atoms with Gasteiger partial charge in [0.2, 0.25) is 0 Å². The molecular weight excluding hydrogens is 415 g/mol. The zero-order chi connectivity index (χ0) is 19.7. The second-order valence-corrected chi connectivity index (χ2v) is 8.67. The first-order chi connectivity index (χ1) is 13.5. The number of carbonyl (C=O) groups is 1. The van der Waals surface area contributed by atoms with Gasteiger partial charge < -0.3 is 9.64 Å². The van der Waals surface area contributed by atoms with Crippen LogP contribution in [-0.4, -0.2) is 49.0 Å². The average Bonchev–Trinajstić information content (AvgIpc) is 3.04. The highest BCUT2D eigenvalue weighted by molar-refractivity contribution is 7.21. The van der Waals surface area contributed by atoms with E-state index in [0.717, 1.165) is 35.5 Å². The highest BCUT2D eigenvalue weighted by Crippen LogP contribution is 2.37. The molecule has 2 aromatic carbocycles. The molecule has 28 heavy (non-hydrogen) atoms. The first-order valence-electron chi connectivity index (χ1n) is 9.07. The Bertz CT molecular complexity index is 1010. The van der Waals surface area contributed by atoms with Crippen molar-refractivity contribution in [3.63, 3.8) is 0 Å². The molecule has 1 amide bonds. The number of carbonyl (C=O) groups excluding carboxylic acids is 1. The largest absolute Gasteiger partial charge is 0.497 e. The number of benzene rings is 2. The van der Waals surface area contributed by atoms with Gasteiger partial charge in [-0.3, -0.25) is 9.69 Å². The Morgan fingerprint density at radius 2 is 1.89 bits per heavy atom. The van der Waals surface area contributed by atoms with Crippen molar-refractivity contribution in [1.82, 2.24) is 9.80 Å². The smallest absolute Gasteiger partial charge is 0.265 e. The fourth-order valence-corrected chi connectivity index (χ4v) is 5.21. The van der Waals surface area contributed by atoms with Crippen molar-refractivity contribution in [1.29, 1.82) is 0 Å². The number of halogens is 2. The van der Waals surface area contributed by atoms with Crippen LogP contribution in [0.4, 0.5) is 0 Å². The van der Waals surface area contributed by atoms with E-state index in [1.165, 1.54) is 16.9 Å². The van der Waals surface area contributed by atoms with Crippen LogP contribution < -0.4 is 4.74 Å². The minimum atomic E-state index is 0.00310. The molecule has 1 aliphatic heterocycles. The minimum Gasteiger partial charge on any atom is -0.497 e. The molecule has 0 unspecified atom stereocenters. The first-order valence-corrected chi connectivity index (χ1v) is 10.6. The molecule has 1 fully saturated rings. The van der Waals surface area contributed by atoms with E-state index in [2.05, 4.69) is 17.0 Å². The Morgan fingerprint density at radius 3 is 2.64 bits per heavy atom. The fourth-order valence-electron chi connectivity index (χ4n) is 3.46. The molecule has 4 nitrogen and oxygen atoms in total. The minimum absolute atomic E-state index is 0.00310. The third kappa shape index (κ3) is 3.98. The number of fused-ring (bicyclic) bond motifs is 1. The van der Waals surface area contributed by atoms with Crippen LogP contribution in [0.3, 0.4) is 0 Å². The van der Waals surface area contributed by atoms with E-state index in [1.54, 1.807) is 13.2 Å². The number of rotatable bonds is 4. The van der Waals surface area contributed by atoms with Crippen LogP contribution in [0.5, 0.6) is 5.75 Å². The molecule has 2 heterocycles. The quantitative estimate of drug-likeness (QED) is 0.567. The van der Waals surface area contributed by atoms with Gasteiger partial charge in [-0.2, -0.15) is 0 Å². The second kappa shape index (κ2) is 8.29. The molecule has 0 aliphatic carbocycles. The number of methoxy groups -OCH3 is 1. The Kier molecular flexibility index (Phi) is 5.78. The van der Waals surface area contributed by atoms with Gasteiger partial charge in [0.1, 0.15) is 10.6 Å². The fraction of sp³-hybridized carbons (Fsp3) is 0.286. The Hall–Kier alpha value is -1.79. The highest BCUT2D eigenvalue weighted by Gasteiger charge is 2.26. The Balaban J connectivity index is 1.42. The van der Waals surface area contributed by atoms with E-state index in [9.17, 15) is 4.79 Å². The van der Waals surface area contributed by atoms with Crippen LogP contribution in [0, 0.1) is 0 Å². The topological polar surface area (TPSA) is 32.8 Å². The summed E-state index contributed by atoms with van der Waals surface area (Å²) in [6, 6.07) is 13.6. The summed E-state index contributed by atoms with van der Waals surface area (Å²) in [5.74, 6) is 0.870. The van der Waals surface area contributed by atoms with Crippen LogP contribution in [-0.2, 0) is 6.54 Å². The predicted octanol–water partition coefficient (Wildman–Crippen LogP) is 5.17. The van der Waals surface area contributed by atoms with Gasteiger partial charge in [-0.1, -0.05) is 41.4 Å². The van der Waals surface area contributed by atoms with Crippen molar-refractivity contribution in [2.75, 3.05) is 33.3 Å². The highest BCUT2D eigenvalue weighted by atomic mass is 35.5. The number of amides is 1. The summed E-state index contributed by atoms with van der Waals surface area (Å²) in [5.41, 5.74) is 1.21. The molecule has 0 radical (unpaired) electrons. The monoisotopic (exact) mass is 434 g/mol. The third-order valence-corrected chi connectivity index (χ3v) is 6.87. The van der Waals surface area contributed by atoms with Crippen molar-refractivity contribution in [2.24, 2.45) is 0 Å². The standard InChI is InChI=1S/C21H20Cl2N2O2S/c1-27-16-4-2-3-14(11-16)13-24-7-9-25(10-8-24)21(26)20-19(23)17-6-5-15(22)12-18(17)28-20/h2-6,11-12H,7-10,13H2,1H3. The van der Waals surface area contributed by atoms with Gasteiger partial charge in [-0.05, 0) is 29.8 Å². The number of hydrogen-bond acceptors (Lipinski definition) is 4. The summed E-state index contributed by atoms with van der Waals surface area (Å²) in [4.78, 5) is 17.8.